The Balaban J connectivity index is 4.18. The summed E-state index contributed by atoms with van der Waals surface area (Å²) in [6.45, 7) is 4.51. The molecule has 0 radical (unpaired) electrons. The molecule has 2 N–H and O–H groups in total. The van der Waals surface area contributed by atoms with Crippen LogP contribution in [0.3, 0.4) is 0 Å². The SMILES string of the molecule is CC/C=C\C/C=C\C/C=C\C/C=C\C/C=C\C/C=C\C/C=C\CCCCCCCCCCCCCCCC(=O)NC(COP(=O)([O-])OCC[N+](C)(C)C)C(O)/C=C/CC/C=C/CC/C=C/CCCCCCCCCCCCCC. The van der Waals surface area contributed by atoms with Crippen LogP contribution in [0.15, 0.2) is 122 Å². The van der Waals surface area contributed by atoms with Crippen molar-refractivity contribution in [1.82, 2.24) is 5.32 Å². The fraction of sp³-hybridized carbons (Fsp3) is 0.700. The molecular weight excluding hydrogens is 996 g/mol. The van der Waals surface area contributed by atoms with Gasteiger partial charge in [0.25, 0.3) is 7.82 Å². The van der Waals surface area contributed by atoms with Crippen molar-refractivity contribution in [1.29, 1.82) is 0 Å². The molecule has 0 aromatic heterocycles. The molecule has 0 spiro atoms. The maximum absolute atomic E-state index is 13.0. The van der Waals surface area contributed by atoms with E-state index in [0.29, 0.717) is 17.4 Å². The highest BCUT2D eigenvalue weighted by Crippen LogP contribution is 2.38. The summed E-state index contributed by atoms with van der Waals surface area (Å²) in [5.41, 5.74) is 0. The molecule has 0 saturated heterocycles. The first-order chi connectivity index (χ1) is 38.5. The molecule has 0 rings (SSSR count). The normalized spacial score (nSPS) is 14.6. The van der Waals surface area contributed by atoms with Crippen LogP contribution in [0.2, 0.25) is 0 Å². The first-order valence-corrected chi connectivity index (χ1v) is 33.9. The minimum absolute atomic E-state index is 0.0141. The van der Waals surface area contributed by atoms with Crippen molar-refractivity contribution >= 4 is 13.7 Å². The monoisotopic (exact) mass is 1120 g/mol. The van der Waals surface area contributed by atoms with Gasteiger partial charge in [-0.2, -0.15) is 0 Å². The van der Waals surface area contributed by atoms with E-state index in [2.05, 4.69) is 129 Å². The Hall–Kier alpha value is -3.10. The Labute approximate surface area is 488 Å². The zero-order valence-electron chi connectivity index (χ0n) is 51.8. The van der Waals surface area contributed by atoms with Gasteiger partial charge < -0.3 is 28.8 Å². The Bertz CT molecular complexity index is 1700. The molecule has 0 aliphatic heterocycles. The molecule has 0 bridgehead atoms. The molecule has 0 aliphatic carbocycles. The number of nitrogens with zero attached hydrogens (tertiary/aromatic N) is 1. The number of hydrogen-bond acceptors (Lipinski definition) is 6. The molecule has 1 amide bonds. The average molecular weight is 1120 g/mol. The molecule has 0 aromatic rings. The topological polar surface area (TPSA) is 108 Å². The Morgan fingerprint density at radius 2 is 0.785 bits per heavy atom. The molecule has 0 saturated carbocycles. The van der Waals surface area contributed by atoms with Crippen molar-refractivity contribution in [3.8, 4) is 0 Å². The predicted molar refractivity (Wildman–Crippen MR) is 343 cm³/mol. The number of carbonyl (C=O) groups excluding carboxylic acids is 1. The third kappa shape index (κ3) is 62.4. The minimum atomic E-state index is -4.62. The van der Waals surface area contributed by atoms with E-state index in [-0.39, 0.29) is 12.5 Å². The number of nitrogens with one attached hydrogen (secondary N) is 1. The summed E-state index contributed by atoms with van der Waals surface area (Å²) in [7, 11) is 1.23. The van der Waals surface area contributed by atoms with Crippen molar-refractivity contribution in [2.24, 2.45) is 0 Å². The number of hydrogen-bond donors (Lipinski definition) is 2. The number of aliphatic hydroxyl groups is 1. The maximum Gasteiger partial charge on any atom is 0.268 e. The predicted octanol–water partition coefficient (Wildman–Crippen LogP) is 19.9. The highest BCUT2D eigenvalue weighted by atomic mass is 31.2. The van der Waals surface area contributed by atoms with Crippen molar-refractivity contribution in [3.05, 3.63) is 122 Å². The van der Waals surface area contributed by atoms with Gasteiger partial charge in [0.05, 0.1) is 39.9 Å². The number of unbranched alkanes of at least 4 members (excludes halogenated alkanes) is 27. The van der Waals surface area contributed by atoms with Crippen LogP contribution < -0.4 is 10.2 Å². The van der Waals surface area contributed by atoms with Crippen LogP contribution in [-0.2, 0) is 18.4 Å². The summed E-state index contributed by atoms with van der Waals surface area (Å²) in [5, 5.41) is 13.9. The van der Waals surface area contributed by atoms with Gasteiger partial charge in [0.1, 0.15) is 13.2 Å². The summed E-state index contributed by atoms with van der Waals surface area (Å²) in [5.74, 6) is -0.216. The van der Waals surface area contributed by atoms with Crippen molar-refractivity contribution in [3.63, 3.8) is 0 Å². The molecule has 0 aromatic carbocycles. The molecule has 3 atom stereocenters. The smallest absolute Gasteiger partial charge is 0.268 e. The van der Waals surface area contributed by atoms with E-state index >= 15 is 0 Å². The second-order valence-corrected chi connectivity index (χ2v) is 24.1. The summed E-state index contributed by atoms with van der Waals surface area (Å²) in [6, 6.07) is -0.919. The summed E-state index contributed by atoms with van der Waals surface area (Å²) in [4.78, 5) is 25.6. The first-order valence-electron chi connectivity index (χ1n) is 32.4. The molecule has 454 valence electrons. The number of phosphoric ester groups is 1. The summed E-state index contributed by atoms with van der Waals surface area (Å²) >= 11 is 0. The van der Waals surface area contributed by atoms with Crippen LogP contribution in [0, 0.1) is 0 Å². The third-order valence-electron chi connectivity index (χ3n) is 13.9. The second kappa shape index (κ2) is 59.5. The van der Waals surface area contributed by atoms with Gasteiger partial charge in [0.2, 0.25) is 5.91 Å². The van der Waals surface area contributed by atoms with Crippen LogP contribution in [-0.4, -0.2) is 68.5 Å². The van der Waals surface area contributed by atoms with E-state index in [1.807, 2.05) is 27.2 Å². The lowest BCUT2D eigenvalue weighted by Crippen LogP contribution is -2.45. The first kappa shape index (κ1) is 75.9. The standard InChI is InChI=1S/C70H123N2O6P/c1-6-8-10-12-14-16-18-20-22-24-26-28-30-31-32-33-34-35-36-37-38-39-40-41-42-44-46-48-50-52-54-56-58-60-62-64-70(74)71-68(67-78-79(75,76)77-66-65-72(3,4)5)69(73)63-61-59-57-55-53-51-49-47-45-43-29-27-25-23-21-19-17-15-13-11-9-7-2/h8,10,14,16,20,22,26,28,31-32,34-35,37-38,45,47,53,55,61,63,68-69,73H,6-7,9,11-13,15,17-19,21,23-25,27,29-30,33,36,39-44,46,48-52,54,56-60,62,64-67H2,1-5H3,(H-,71,74,75,76)/b10-8-,16-14-,22-20-,28-26-,32-31-,35-34-,38-37-,47-45+,55-53+,63-61+. The summed E-state index contributed by atoms with van der Waals surface area (Å²) < 4.78 is 23.4. The van der Waals surface area contributed by atoms with Crippen molar-refractivity contribution in [2.45, 2.75) is 276 Å². The summed E-state index contributed by atoms with van der Waals surface area (Å²) in [6.07, 6.45) is 88.7. The quantitative estimate of drug-likeness (QED) is 0.0272. The van der Waals surface area contributed by atoms with Gasteiger partial charge >= 0.3 is 0 Å². The number of likely N-dealkylation sites (N-methyl/N-ethyl adjacent to an activating group) is 1. The Kier molecular flexibility index (Phi) is 57.2. The molecule has 79 heavy (non-hydrogen) atoms. The lowest BCUT2D eigenvalue weighted by atomic mass is 10.0. The van der Waals surface area contributed by atoms with E-state index < -0.39 is 26.6 Å². The lowest BCUT2D eigenvalue weighted by molar-refractivity contribution is -0.870. The molecule has 0 fully saturated rings. The number of phosphoric acid groups is 1. The number of amides is 1. The molecule has 0 heterocycles. The minimum Gasteiger partial charge on any atom is -0.756 e. The number of rotatable bonds is 58. The molecule has 9 heteroatoms. The third-order valence-corrected chi connectivity index (χ3v) is 14.8. The van der Waals surface area contributed by atoms with E-state index in [0.717, 1.165) is 89.9 Å². The Morgan fingerprint density at radius 3 is 1.18 bits per heavy atom. The van der Waals surface area contributed by atoms with Crippen molar-refractivity contribution < 1.29 is 32.9 Å². The number of aliphatic hydroxyl groups excluding tert-OH is 1. The largest absolute Gasteiger partial charge is 0.756 e. The van der Waals surface area contributed by atoms with Gasteiger partial charge in [-0.05, 0) is 103 Å². The number of allylic oxidation sites excluding steroid dienone is 19. The van der Waals surface area contributed by atoms with Gasteiger partial charge in [-0.1, -0.05) is 277 Å². The molecule has 0 aliphatic rings. The average Bonchev–Trinajstić information content (AvgIpc) is 3.42. The van der Waals surface area contributed by atoms with Crippen molar-refractivity contribution in [2.75, 3.05) is 40.9 Å². The zero-order chi connectivity index (χ0) is 57.7. The fourth-order valence-electron chi connectivity index (χ4n) is 8.87. The van der Waals surface area contributed by atoms with Crippen LogP contribution in [0.25, 0.3) is 0 Å². The number of quaternary nitrogens is 1. The van der Waals surface area contributed by atoms with E-state index in [1.54, 1.807) is 6.08 Å². The van der Waals surface area contributed by atoms with Crippen LogP contribution in [0.1, 0.15) is 264 Å². The highest BCUT2D eigenvalue weighted by molar-refractivity contribution is 7.45. The van der Waals surface area contributed by atoms with Gasteiger partial charge in [-0.25, -0.2) is 0 Å². The van der Waals surface area contributed by atoms with Gasteiger partial charge in [-0.3, -0.25) is 9.36 Å². The van der Waals surface area contributed by atoms with Gasteiger partial charge in [-0.15, -0.1) is 0 Å². The molecular formula is C70H123N2O6P. The molecule has 8 nitrogen and oxygen atoms in total. The van der Waals surface area contributed by atoms with Crippen LogP contribution >= 0.6 is 7.82 Å². The van der Waals surface area contributed by atoms with Gasteiger partial charge in [0, 0.05) is 6.42 Å². The van der Waals surface area contributed by atoms with Gasteiger partial charge in [0.15, 0.2) is 0 Å². The molecule has 3 unspecified atom stereocenters. The number of carbonyl (C=O) groups is 1. The fourth-order valence-corrected chi connectivity index (χ4v) is 9.60. The van der Waals surface area contributed by atoms with Crippen LogP contribution in [0.5, 0.6) is 0 Å². The Morgan fingerprint density at radius 1 is 0.456 bits per heavy atom. The van der Waals surface area contributed by atoms with E-state index in [9.17, 15) is 19.4 Å². The second-order valence-electron chi connectivity index (χ2n) is 22.7. The van der Waals surface area contributed by atoms with E-state index in [1.165, 1.54) is 154 Å². The highest BCUT2D eigenvalue weighted by Gasteiger charge is 2.23. The van der Waals surface area contributed by atoms with E-state index in [4.69, 9.17) is 9.05 Å². The lowest BCUT2D eigenvalue weighted by Gasteiger charge is -2.29. The maximum atomic E-state index is 13.0. The zero-order valence-corrected chi connectivity index (χ0v) is 52.7. The van der Waals surface area contributed by atoms with Crippen LogP contribution in [0.4, 0.5) is 0 Å².